The van der Waals surface area contributed by atoms with Crippen LogP contribution < -0.4 is 5.32 Å². The maximum absolute atomic E-state index is 12.1. The van der Waals surface area contributed by atoms with Crippen molar-refractivity contribution in [2.45, 2.75) is 26.3 Å². The predicted octanol–water partition coefficient (Wildman–Crippen LogP) is 2.87. The maximum atomic E-state index is 12.1. The normalized spacial score (nSPS) is 11.8. The number of hydrogen-bond acceptors (Lipinski definition) is 2. The van der Waals surface area contributed by atoms with E-state index in [-0.39, 0.29) is 24.4 Å². The Labute approximate surface area is 122 Å². The van der Waals surface area contributed by atoms with Gasteiger partial charge in [-0.25, -0.2) is 0 Å². The second-order valence-electron chi connectivity index (χ2n) is 4.96. The highest BCUT2D eigenvalue weighted by Gasteiger charge is 2.23. The summed E-state index contributed by atoms with van der Waals surface area (Å²) in [5, 5.41) is 3.01. The summed E-state index contributed by atoms with van der Waals surface area (Å²) in [6.45, 7) is 5.03. The molecule has 0 aliphatic carbocycles. The topological polar surface area (TPSA) is 32.3 Å². The van der Waals surface area contributed by atoms with Gasteiger partial charge in [0.25, 0.3) is 0 Å². The number of carbonyl (C=O) groups excluding carboxylic acids is 1. The average molecular weight is 285 g/mol. The van der Waals surface area contributed by atoms with Crippen LogP contribution in [-0.4, -0.2) is 31.4 Å². The molecule has 0 heterocycles. The minimum absolute atomic E-state index is 0. The number of nitrogens with one attached hydrogen (secondary N) is 1. The van der Waals surface area contributed by atoms with Crippen molar-refractivity contribution < 1.29 is 4.79 Å². The highest BCUT2D eigenvalue weighted by atomic mass is 35.5. The molecule has 108 valence electrons. The summed E-state index contributed by atoms with van der Waals surface area (Å²) in [6, 6.07) is 10.4. The molecule has 1 rings (SSSR count). The van der Waals surface area contributed by atoms with E-state index in [0.717, 1.165) is 6.54 Å². The summed E-state index contributed by atoms with van der Waals surface area (Å²) >= 11 is 0. The van der Waals surface area contributed by atoms with E-state index < -0.39 is 0 Å². The second-order valence-corrected chi connectivity index (χ2v) is 4.96. The van der Waals surface area contributed by atoms with E-state index in [0.29, 0.717) is 12.3 Å². The Morgan fingerprint density at radius 2 is 1.84 bits per heavy atom. The van der Waals surface area contributed by atoms with E-state index in [1.807, 2.05) is 37.2 Å². The van der Waals surface area contributed by atoms with Crippen LogP contribution in [0.4, 0.5) is 0 Å². The number of halogens is 1. The van der Waals surface area contributed by atoms with Crippen LogP contribution in [0.1, 0.15) is 31.9 Å². The summed E-state index contributed by atoms with van der Waals surface area (Å²) in [4.78, 5) is 14.0. The summed E-state index contributed by atoms with van der Waals surface area (Å²) in [5.41, 5.74) is 1.20. The van der Waals surface area contributed by atoms with Gasteiger partial charge in [-0.1, -0.05) is 44.2 Å². The first-order chi connectivity index (χ1) is 8.57. The van der Waals surface area contributed by atoms with Crippen LogP contribution >= 0.6 is 12.4 Å². The molecule has 0 radical (unpaired) electrons. The van der Waals surface area contributed by atoms with Gasteiger partial charge in [-0.05, 0) is 18.5 Å². The Hall–Kier alpha value is -1.06. The molecule has 0 spiro atoms. The standard InChI is InChI=1S/C15H24N2O.ClH/c1-12(2)15(13-8-6-5-7-9-13)17(4)14(18)10-11-16-3;/h5-9,12,15-16H,10-11H2,1-4H3;1H. The monoisotopic (exact) mass is 284 g/mol. The molecule has 19 heavy (non-hydrogen) atoms. The van der Waals surface area contributed by atoms with Gasteiger partial charge >= 0.3 is 0 Å². The maximum Gasteiger partial charge on any atom is 0.224 e. The van der Waals surface area contributed by atoms with Gasteiger partial charge < -0.3 is 10.2 Å². The molecule has 0 saturated carbocycles. The summed E-state index contributed by atoms with van der Waals surface area (Å²) < 4.78 is 0. The Kier molecular flexibility index (Phi) is 8.44. The van der Waals surface area contributed by atoms with Gasteiger partial charge in [0.1, 0.15) is 0 Å². The fourth-order valence-corrected chi connectivity index (χ4v) is 2.27. The van der Waals surface area contributed by atoms with Crippen molar-refractivity contribution in [1.29, 1.82) is 0 Å². The van der Waals surface area contributed by atoms with Gasteiger partial charge in [-0.15, -0.1) is 12.4 Å². The molecule has 0 aromatic heterocycles. The van der Waals surface area contributed by atoms with Crippen molar-refractivity contribution in [2.75, 3.05) is 20.6 Å². The molecular formula is C15H25ClN2O. The highest BCUT2D eigenvalue weighted by molar-refractivity contribution is 5.85. The molecule has 1 aromatic carbocycles. The molecule has 3 nitrogen and oxygen atoms in total. The molecule has 1 unspecified atom stereocenters. The summed E-state index contributed by atoms with van der Waals surface area (Å²) in [6.07, 6.45) is 0.545. The Morgan fingerprint density at radius 3 is 2.32 bits per heavy atom. The fourth-order valence-electron chi connectivity index (χ4n) is 2.27. The molecule has 0 aliphatic heterocycles. The average Bonchev–Trinajstić information content (AvgIpc) is 2.36. The van der Waals surface area contributed by atoms with E-state index >= 15 is 0 Å². The van der Waals surface area contributed by atoms with E-state index in [1.165, 1.54) is 5.56 Å². The molecule has 0 saturated heterocycles. The second kappa shape index (κ2) is 8.94. The first-order valence-corrected chi connectivity index (χ1v) is 6.53. The van der Waals surface area contributed by atoms with Crippen LogP contribution in [0.15, 0.2) is 30.3 Å². The molecule has 0 aliphatic rings. The first kappa shape index (κ1) is 17.9. The van der Waals surface area contributed by atoms with Gasteiger partial charge in [-0.3, -0.25) is 4.79 Å². The van der Waals surface area contributed by atoms with Crippen LogP contribution in [0.5, 0.6) is 0 Å². The van der Waals surface area contributed by atoms with Crippen LogP contribution in [0.25, 0.3) is 0 Å². The summed E-state index contributed by atoms with van der Waals surface area (Å²) in [7, 11) is 3.76. The smallest absolute Gasteiger partial charge is 0.224 e. The number of benzene rings is 1. The van der Waals surface area contributed by atoms with Crippen LogP contribution in [0.3, 0.4) is 0 Å². The SMILES string of the molecule is CNCCC(=O)N(C)C(c1ccccc1)C(C)C.Cl. The van der Waals surface area contributed by atoms with Crippen molar-refractivity contribution in [3.8, 4) is 0 Å². The minimum Gasteiger partial charge on any atom is -0.338 e. The lowest BCUT2D eigenvalue weighted by atomic mass is 9.94. The lowest BCUT2D eigenvalue weighted by molar-refractivity contribution is -0.132. The van der Waals surface area contributed by atoms with Crippen LogP contribution in [0, 0.1) is 5.92 Å². The van der Waals surface area contributed by atoms with Gasteiger partial charge in [0.2, 0.25) is 5.91 Å². The third-order valence-electron chi connectivity index (χ3n) is 3.17. The summed E-state index contributed by atoms with van der Waals surface area (Å²) in [5.74, 6) is 0.586. The van der Waals surface area contributed by atoms with E-state index in [2.05, 4.69) is 31.3 Å². The first-order valence-electron chi connectivity index (χ1n) is 6.53. The van der Waals surface area contributed by atoms with Crippen molar-refractivity contribution in [3.05, 3.63) is 35.9 Å². The molecule has 4 heteroatoms. The Balaban J connectivity index is 0.00000324. The van der Waals surface area contributed by atoms with Gasteiger partial charge in [0.15, 0.2) is 0 Å². The van der Waals surface area contributed by atoms with E-state index in [1.54, 1.807) is 0 Å². The molecular weight excluding hydrogens is 260 g/mol. The van der Waals surface area contributed by atoms with Crippen LogP contribution in [0.2, 0.25) is 0 Å². The lowest BCUT2D eigenvalue weighted by Gasteiger charge is -2.32. The van der Waals surface area contributed by atoms with Crippen molar-refractivity contribution in [2.24, 2.45) is 5.92 Å². The van der Waals surface area contributed by atoms with Gasteiger partial charge in [0, 0.05) is 20.0 Å². The van der Waals surface area contributed by atoms with Gasteiger partial charge in [-0.2, -0.15) is 0 Å². The molecule has 1 aromatic rings. The number of carbonyl (C=O) groups is 1. The number of hydrogen-bond donors (Lipinski definition) is 1. The van der Waals surface area contributed by atoms with Crippen molar-refractivity contribution in [1.82, 2.24) is 10.2 Å². The predicted molar refractivity (Wildman–Crippen MR) is 82.6 cm³/mol. The van der Waals surface area contributed by atoms with E-state index in [9.17, 15) is 4.79 Å². The third kappa shape index (κ3) is 5.21. The molecule has 1 atom stereocenters. The van der Waals surface area contributed by atoms with Crippen molar-refractivity contribution in [3.63, 3.8) is 0 Å². The van der Waals surface area contributed by atoms with Crippen LogP contribution in [-0.2, 0) is 4.79 Å². The number of amides is 1. The minimum atomic E-state index is 0. The Morgan fingerprint density at radius 1 is 1.26 bits per heavy atom. The van der Waals surface area contributed by atoms with E-state index in [4.69, 9.17) is 0 Å². The molecule has 0 fully saturated rings. The van der Waals surface area contributed by atoms with Gasteiger partial charge in [0.05, 0.1) is 6.04 Å². The zero-order chi connectivity index (χ0) is 13.5. The fraction of sp³-hybridized carbons (Fsp3) is 0.533. The zero-order valence-corrected chi connectivity index (χ0v) is 13.0. The number of nitrogens with zero attached hydrogens (tertiary/aromatic N) is 1. The molecule has 0 bridgehead atoms. The van der Waals surface area contributed by atoms with Crippen molar-refractivity contribution >= 4 is 18.3 Å². The molecule has 1 N–H and O–H groups in total. The highest BCUT2D eigenvalue weighted by Crippen LogP contribution is 2.27. The largest absolute Gasteiger partial charge is 0.338 e. The Bertz CT molecular complexity index is 368. The molecule has 1 amide bonds. The number of rotatable bonds is 6. The lowest BCUT2D eigenvalue weighted by Crippen LogP contribution is -2.35. The zero-order valence-electron chi connectivity index (χ0n) is 12.2. The quantitative estimate of drug-likeness (QED) is 0.871. The third-order valence-corrected chi connectivity index (χ3v) is 3.17.